The summed E-state index contributed by atoms with van der Waals surface area (Å²) in [6.07, 6.45) is 2.31. The van der Waals surface area contributed by atoms with Crippen LogP contribution in [0.1, 0.15) is 50.8 Å². The molecule has 1 aliphatic heterocycles. The van der Waals surface area contributed by atoms with Gasteiger partial charge in [-0.05, 0) is 38.2 Å². The molecule has 1 fully saturated rings. The second-order valence-corrected chi connectivity index (χ2v) is 6.31. The summed E-state index contributed by atoms with van der Waals surface area (Å²) in [5.74, 6) is 0.784. The maximum absolute atomic E-state index is 6.43. The molecule has 1 aliphatic rings. The highest BCUT2D eigenvalue weighted by atomic mass is 15.2. The molecule has 19 heavy (non-hydrogen) atoms. The zero-order chi connectivity index (χ0) is 14.0. The van der Waals surface area contributed by atoms with Crippen LogP contribution >= 0.6 is 0 Å². The van der Waals surface area contributed by atoms with Crippen LogP contribution in [0.3, 0.4) is 0 Å². The number of hydrogen-bond acceptors (Lipinski definition) is 2. The molecule has 0 aromatic heterocycles. The second kappa shape index (κ2) is 6.06. The van der Waals surface area contributed by atoms with E-state index in [1.54, 1.807) is 0 Å². The molecule has 4 atom stereocenters. The Bertz CT molecular complexity index is 398. The molecule has 0 amide bonds. The first-order valence-electron chi connectivity index (χ1n) is 7.60. The molecule has 0 spiro atoms. The number of hydrogen-bond donors (Lipinski definition) is 1. The van der Waals surface area contributed by atoms with Gasteiger partial charge in [0, 0.05) is 18.6 Å². The van der Waals surface area contributed by atoms with E-state index in [0.717, 1.165) is 12.3 Å². The van der Waals surface area contributed by atoms with Crippen LogP contribution in [0.5, 0.6) is 0 Å². The van der Waals surface area contributed by atoms with Gasteiger partial charge in [0.15, 0.2) is 0 Å². The van der Waals surface area contributed by atoms with Crippen molar-refractivity contribution in [2.24, 2.45) is 11.7 Å². The van der Waals surface area contributed by atoms with E-state index in [1.807, 2.05) is 0 Å². The van der Waals surface area contributed by atoms with E-state index in [9.17, 15) is 0 Å². The van der Waals surface area contributed by atoms with Crippen molar-refractivity contribution in [3.63, 3.8) is 0 Å². The number of aryl methyl sites for hydroxylation is 1. The van der Waals surface area contributed by atoms with Gasteiger partial charge in [-0.3, -0.25) is 4.90 Å². The van der Waals surface area contributed by atoms with Crippen molar-refractivity contribution in [1.29, 1.82) is 0 Å². The highest BCUT2D eigenvalue weighted by Gasteiger charge is 2.34. The van der Waals surface area contributed by atoms with E-state index in [-0.39, 0.29) is 6.04 Å². The van der Waals surface area contributed by atoms with E-state index in [2.05, 4.69) is 56.9 Å². The van der Waals surface area contributed by atoms with Crippen molar-refractivity contribution in [2.75, 3.05) is 6.54 Å². The summed E-state index contributed by atoms with van der Waals surface area (Å²) >= 11 is 0. The average Bonchev–Trinajstić information content (AvgIpc) is 2.71. The Morgan fingerprint density at radius 3 is 2.37 bits per heavy atom. The summed E-state index contributed by atoms with van der Waals surface area (Å²) in [6.45, 7) is 10.2. The highest BCUT2D eigenvalue weighted by Crippen LogP contribution is 2.34. The first kappa shape index (κ1) is 14.5. The first-order valence-corrected chi connectivity index (χ1v) is 7.60. The summed E-state index contributed by atoms with van der Waals surface area (Å²) in [4.78, 5) is 2.61. The molecule has 1 aromatic rings. The Hall–Kier alpha value is -0.860. The lowest BCUT2D eigenvalue weighted by Crippen LogP contribution is -2.42. The highest BCUT2D eigenvalue weighted by molar-refractivity contribution is 5.26. The van der Waals surface area contributed by atoms with Gasteiger partial charge in [0.1, 0.15) is 0 Å². The van der Waals surface area contributed by atoms with Crippen LogP contribution in [-0.2, 0) is 0 Å². The maximum Gasteiger partial charge on any atom is 0.0501 e. The Balaban J connectivity index is 2.28. The van der Waals surface area contributed by atoms with Crippen LogP contribution in [0.2, 0.25) is 0 Å². The van der Waals surface area contributed by atoms with Crippen molar-refractivity contribution in [3.05, 3.63) is 35.4 Å². The predicted molar refractivity (Wildman–Crippen MR) is 82.1 cm³/mol. The molecule has 2 N–H and O–H groups in total. The van der Waals surface area contributed by atoms with Crippen molar-refractivity contribution in [3.8, 4) is 0 Å². The number of benzene rings is 1. The molecular weight excluding hydrogens is 232 g/mol. The molecule has 1 saturated heterocycles. The van der Waals surface area contributed by atoms with E-state index in [0.29, 0.717) is 12.1 Å². The molecule has 2 heteroatoms. The lowest BCUT2D eigenvalue weighted by atomic mass is 9.95. The fourth-order valence-corrected chi connectivity index (χ4v) is 3.39. The molecule has 106 valence electrons. The lowest BCUT2D eigenvalue weighted by molar-refractivity contribution is 0.160. The molecule has 2 rings (SSSR count). The zero-order valence-electron chi connectivity index (χ0n) is 12.8. The number of likely N-dealkylation sites (tertiary alicyclic amines) is 1. The van der Waals surface area contributed by atoms with E-state index < -0.39 is 0 Å². The summed E-state index contributed by atoms with van der Waals surface area (Å²) in [7, 11) is 0. The lowest BCUT2D eigenvalue weighted by Gasteiger charge is -2.35. The Morgan fingerprint density at radius 1 is 1.26 bits per heavy atom. The third-order valence-electron chi connectivity index (χ3n) is 4.49. The quantitative estimate of drug-likeness (QED) is 0.897. The summed E-state index contributed by atoms with van der Waals surface area (Å²) in [5, 5.41) is 0. The number of nitrogens with two attached hydrogens (primary N) is 1. The van der Waals surface area contributed by atoms with Gasteiger partial charge in [-0.15, -0.1) is 0 Å². The third-order valence-corrected chi connectivity index (χ3v) is 4.49. The summed E-state index contributed by atoms with van der Waals surface area (Å²) in [5.41, 5.74) is 9.12. The molecule has 1 heterocycles. The van der Waals surface area contributed by atoms with E-state index in [1.165, 1.54) is 24.1 Å². The van der Waals surface area contributed by atoms with Gasteiger partial charge in [0.05, 0.1) is 6.04 Å². The van der Waals surface area contributed by atoms with Crippen LogP contribution in [0.4, 0.5) is 0 Å². The van der Waals surface area contributed by atoms with Gasteiger partial charge < -0.3 is 5.73 Å². The molecule has 2 nitrogen and oxygen atoms in total. The fraction of sp³-hybridized carbons (Fsp3) is 0.647. The summed E-state index contributed by atoms with van der Waals surface area (Å²) < 4.78 is 0. The van der Waals surface area contributed by atoms with Crippen LogP contribution < -0.4 is 5.73 Å². The standard InChI is InChI=1S/C17H28N2/c1-5-16(18)17(15-8-6-12(2)7-9-15)19-11-13(3)10-14(19)4/h6-9,13-14,16-17H,5,10-11,18H2,1-4H3. The van der Waals surface area contributed by atoms with Gasteiger partial charge in [-0.2, -0.15) is 0 Å². The van der Waals surface area contributed by atoms with Gasteiger partial charge in [0.25, 0.3) is 0 Å². The molecular formula is C17H28N2. The Morgan fingerprint density at radius 2 is 1.89 bits per heavy atom. The monoisotopic (exact) mass is 260 g/mol. The Kier molecular flexibility index (Phi) is 4.64. The zero-order valence-corrected chi connectivity index (χ0v) is 12.8. The topological polar surface area (TPSA) is 29.3 Å². The normalized spacial score (nSPS) is 27.4. The van der Waals surface area contributed by atoms with Gasteiger partial charge in [-0.1, -0.05) is 43.7 Å². The third kappa shape index (κ3) is 3.18. The fourth-order valence-electron chi connectivity index (χ4n) is 3.39. The van der Waals surface area contributed by atoms with Crippen molar-refractivity contribution < 1.29 is 0 Å². The van der Waals surface area contributed by atoms with Crippen LogP contribution in [0, 0.1) is 12.8 Å². The first-order chi connectivity index (χ1) is 9.02. The van der Waals surface area contributed by atoms with E-state index in [4.69, 9.17) is 5.73 Å². The Labute approximate surface area is 118 Å². The largest absolute Gasteiger partial charge is 0.326 e. The molecule has 0 aliphatic carbocycles. The molecule has 0 saturated carbocycles. The number of nitrogens with zero attached hydrogens (tertiary/aromatic N) is 1. The molecule has 1 aromatic carbocycles. The van der Waals surface area contributed by atoms with Gasteiger partial charge in [0.2, 0.25) is 0 Å². The molecule has 4 unspecified atom stereocenters. The van der Waals surface area contributed by atoms with Crippen LogP contribution in [-0.4, -0.2) is 23.5 Å². The minimum absolute atomic E-state index is 0.218. The minimum Gasteiger partial charge on any atom is -0.326 e. The maximum atomic E-state index is 6.43. The molecule has 0 radical (unpaired) electrons. The van der Waals surface area contributed by atoms with Crippen molar-refractivity contribution in [1.82, 2.24) is 4.90 Å². The van der Waals surface area contributed by atoms with Crippen LogP contribution in [0.25, 0.3) is 0 Å². The molecule has 0 bridgehead atoms. The smallest absolute Gasteiger partial charge is 0.0501 e. The van der Waals surface area contributed by atoms with E-state index >= 15 is 0 Å². The van der Waals surface area contributed by atoms with Crippen molar-refractivity contribution >= 4 is 0 Å². The number of rotatable bonds is 4. The predicted octanol–water partition coefficient (Wildman–Crippen LogP) is 3.50. The SMILES string of the molecule is CCC(N)C(c1ccc(C)cc1)N1CC(C)CC1C. The minimum atomic E-state index is 0.218. The summed E-state index contributed by atoms with van der Waals surface area (Å²) in [6, 6.07) is 10.1. The second-order valence-electron chi connectivity index (χ2n) is 6.31. The van der Waals surface area contributed by atoms with Crippen molar-refractivity contribution in [2.45, 2.75) is 58.7 Å². The van der Waals surface area contributed by atoms with Crippen LogP contribution in [0.15, 0.2) is 24.3 Å². The van der Waals surface area contributed by atoms with Gasteiger partial charge in [-0.25, -0.2) is 0 Å². The average molecular weight is 260 g/mol. The van der Waals surface area contributed by atoms with Gasteiger partial charge >= 0.3 is 0 Å².